The molecule has 4 N–H and O–H groups in total. The minimum absolute atomic E-state index is 0.287. The van der Waals surface area contributed by atoms with Gasteiger partial charge in [0.25, 0.3) is 0 Å². The summed E-state index contributed by atoms with van der Waals surface area (Å²) in [6.07, 6.45) is 1.94. The molecule has 0 saturated heterocycles. The number of aryl methyl sites for hydroxylation is 1. The minimum Gasteiger partial charge on any atom is -0.492 e. The summed E-state index contributed by atoms with van der Waals surface area (Å²) >= 11 is 0. The van der Waals surface area contributed by atoms with Crippen molar-refractivity contribution in [3.05, 3.63) is 41.6 Å². The molecule has 0 amide bonds. The molecule has 1 aliphatic carbocycles. The first-order chi connectivity index (χ1) is 11.5. The molecule has 6 heteroatoms. The lowest BCUT2D eigenvalue weighted by Crippen LogP contribution is -2.35. The molecule has 6 nitrogen and oxygen atoms in total. The smallest absolute Gasteiger partial charge is 0.222 e. The van der Waals surface area contributed by atoms with Crippen molar-refractivity contribution in [3.63, 3.8) is 0 Å². The second kappa shape index (κ2) is 7.05. The summed E-state index contributed by atoms with van der Waals surface area (Å²) in [5.74, 6) is 2.42. The molecule has 0 bridgehead atoms. The van der Waals surface area contributed by atoms with Gasteiger partial charge in [-0.05, 0) is 31.9 Å². The zero-order valence-corrected chi connectivity index (χ0v) is 14.3. The highest BCUT2D eigenvalue weighted by molar-refractivity contribution is 5.44. The third kappa shape index (κ3) is 3.94. The molecule has 0 atom stereocenters. The van der Waals surface area contributed by atoms with Crippen molar-refractivity contribution < 1.29 is 4.74 Å². The van der Waals surface area contributed by atoms with Crippen molar-refractivity contribution in [1.82, 2.24) is 9.97 Å². The number of benzene rings is 1. The number of hydrogen-bond donors (Lipinski definition) is 2. The number of nitrogens with zero attached hydrogens (tertiary/aromatic N) is 3. The lowest BCUT2D eigenvalue weighted by atomic mass is 9.78. The molecule has 0 aliphatic heterocycles. The van der Waals surface area contributed by atoms with E-state index < -0.39 is 0 Å². The Morgan fingerprint density at radius 3 is 2.58 bits per heavy atom. The fraction of sp³-hybridized carbons (Fsp3) is 0.444. The molecule has 24 heavy (non-hydrogen) atoms. The molecule has 1 fully saturated rings. The molecule has 3 rings (SSSR count). The number of ether oxygens (including phenoxy) is 1. The Balaban J connectivity index is 1.58. The van der Waals surface area contributed by atoms with E-state index in [0.29, 0.717) is 25.0 Å². The summed E-state index contributed by atoms with van der Waals surface area (Å²) in [6, 6.07) is 10.3. The Kier molecular flexibility index (Phi) is 4.85. The van der Waals surface area contributed by atoms with Crippen molar-refractivity contribution in [2.75, 3.05) is 30.8 Å². The first-order valence-corrected chi connectivity index (χ1v) is 8.32. The molecular weight excluding hydrogens is 302 g/mol. The van der Waals surface area contributed by atoms with Gasteiger partial charge in [0, 0.05) is 25.1 Å². The Morgan fingerprint density at radius 2 is 1.92 bits per heavy atom. The first kappa shape index (κ1) is 16.5. The van der Waals surface area contributed by atoms with Crippen LogP contribution in [0.5, 0.6) is 5.75 Å². The van der Waals surface area contributed by atoms with Gasteiger partial charge >= 0.3 is 0 Å². The molecule has 1 heterocycles. The quantitative estimate of drug-likeness (QED) is 0.844. The zero-order chi connectivity index (χ0) is 17.1. The van der Waals surface area contributed by atoms with Gasteiger partial charge in [-0.3, -0.25) is 0 Å². The van der Waals surface area contributed by atoms with Gasteiger partial charge in [-0.15, -0.1) is 0 Å². The largest absolute Gasteiger partial charge is 0.492 e. The van der Waals surface area contributed by atoms with Gasteiger partial charge < -0.3 is 21.1 Å². The van der Waals surface area contributed by atoms with Gasteiger partial charge in [-0.25, -0.2) is 4.98 Å². The highest BCUT2D eigenvalue weighted by atomic mass is 16.5. The topological polar surface area (TPSA) is 90.3 Å². The van der Waals surface area contributed by atoms with Crippen LogP contribution in [0.4, 0.5) is 11.8 Å². The van der Waals surface area contributed by atoms with Crippen molar-refractivity contribution in [3.8, 4) is 5.75 Å². The maximum atomic E-state index is 5.87. The zero-order valence-electron chi connectivity index (χ0n) is 14.3. The molecular formula is C18H25N5O. The minimum atomic E-state index is 0.287. The van der Waals surface area contributed by atoms with Crippen LogP contribution < -0.4 is 21.1 Å². The van der Waals surface area contributed by atoms with E-state index in [0.717, 1.165) is 30.1 Å². The van der Waals surface area contributed by atoms with E-state index in [-0.39, 0.29) is 6.04 Å². The Labute approximate surface area is 142 Å². The van der Waals surface area contributed by atoms with Crippen molar-refractivity contribution in [2.24, 2.45) is 5.73 Å². The predicted octanol–water partition coefficient (Wildman–Crippen LogP) is 2.09. The molecule has 1 aromatic carbocycles. The third-order valence-corrected chi connectivity index (χ3v) is 4.45. The number of rotatable bonds is 6. The third-order valence-electron chi connectivity index (χ3n) is 4.45. The van der Waals surface area contributed by atoms with Crippen LogP contribution in [0.1, 0.15) is 30.0 Å². The van der Waals surface area contributed by atoms with E-state index in [9.17, 15) is 0 Å². The van der Waals surface area contributed by atoms with E-state index in [4.69, 9.17) is 16.2 Å². The number of nitrogens with two attached hydrogens (primary N) is 2. The maximum absolute atomic E-state index is 5.87. The van der Waals surface area contributed by atoms with E-state index in [1.807, 2.05) is 42.3 Å². The molecule has 1 aliphatic rings. The molecule has 2 aromatic rings. The van der Waals surface area contributed by atoms with Gasteiger partial charge in [0.05, 0.1) is 12.2 Å². The first-order valence-electron chi connectivity index (χ1n) is 8.32. The van der Waals surface area contributed by atoms with Crippen LogP contribution in [0.3, 0.4) is 0 Å². The monoisotopic (exact) mass is 327 g/mol. The molecule has 0 spiro atoms. The maximum Gasteiger partial charge on any atom is 0.222 e. The van der Waals surface area contributed by atoms with Gasteiger partial charge in [0.2, 0.25) is 5.95 Å². The molecule has 1 saturated carbocycles. The number of aromatic nitrogens is 2. The van der Waals surface area contributed by atoms with Crippen molar-refractivity contribution >= 4 is 11.8 Å². The average Bonchev–Trinajstić information content (AvgIpc) is 2.53. The normalized spacial score (nSPS) is 19.6. The van der Waals surface area contributed by atoms with Gasteiger partial charge in [-0.1, -0.05) is 17.7 Å². The summed E-state index contributed by atoms with van der Waals surface area (Å²) < 4.78 is 5.77. The standard InChI is InChI=1S/C18H25N5O/c1-12-3-5-15(6-4-12)24-8-7-23(2)17-11-16(21-18(20)22-17)13-9-14(19)10-13/h3-6,11,13-14H,7-10,19H2,1-2H3,(H2,20,21,22). The van der Waals surface area contributed by atoms with Crippen molar-refractivity contribution in [2.45, 2.75) is 31.7 Å². The van der Waals surface area contributed by atoms with Crippen LogP contribution in [0.25, 0.3) is 0 Å². The van der Waals surface area contributed by atoms with Gasteiger partial charge in [0.15, 0.2) is 0 Å². The molecule has 1 aromatic heterocycles. The number of hydrogen-bond acceptors (Lipinski definition) is 6. The van der Waals surface area contributed by atoms with Crippen LogP contribution in [-0.2, 0) is 0 Å². The summed E-state index contributed by atoms with van der Waals surface area (Å²) in [4.78, 5) is 10.7. The highest BCUT2D eigenvalue weighted by Gasteiger charge is 2.29. The number of likely N-dealkylation sites (N-methyl/N-ethyl adjacent to an activating group) is 1. The van der Waals surface area contributed by atoms with E-state index in [1.165, 1.54) is 5.56 Å². The Hall–Kier alpha value is -2.34. The SMILES string of the molecule is Cc1ccc(OCCN(C)c2cc(C3CC(N)C3)nc(N)n2)cc1. The molecule has 128 valence electrons. The van der Waals surface area contributed by atoms with Crippen LogP contribution in [-0.4, -0.2) is 36.2 Å². The lowest BCUT2D eigenvalue weighted by molar-refractivity contribution is 0.325. The second-order valence-corrected chi connectivity index (χ2v) is 6.52. The van der Waals surface area contributed by atoms with E-state index >= 15 is 0 Å². The number of nitrogen functional groups attached to an aromatic ring is 1. The summed E-state index contributed by atoms with van der Waals surface area (Å²) in [7, 11) is 1.98. The van der Waals surface area contributed by atoms with Gasteiger partial charge in [-0.2, -0.15) is 4.98 Å². The van der Waals surface area contributed by atoms with Gasteiger partial charge in [0.1, 0.15) is 18.2 Å². The van der Waals surface area contributed by atoms with Crippen LogP contribution in [0.2, 0.25) is 0 Å². The fourth-order valence-corrected chi connectivity index (χ4v) is 2.83. The highest BCUT2D eigenvalue weighted by Crippen LogP contribution is 2.35. The summed E-state index contributed by atoms with van der Waals surface area (Å²) in [5, 5.41) is 0. The van der Waals surface area contributed by atoms with Crippen LogP contribution in [0, 0.1) is 6.92 Å². The Bertz CT molecular complexity index is 682. The number of anilines is 2. The second-order valence-electron chi connectivity index (χ2n) is 6.52. The fourth-order valence-electron chi connectivity index (χ4n) is 2.83. The summed E-state index contributed by atoms with van der Waals surface area (Å²) in [5.41, 5.74) is 14.0. The van der Waals surface area contributed by atoms with Crippen molar-refractivity contribution in [1.29, 1.82) is 0 Å². The average molecular weight is 327 g/mol. The predicted molar refractivity (Wildman–Crippen MR) is 96.3 cm³/mol. The molecule has 0 radical (unpaired) electrons. The molecule has 0 unspecified atom stereocenters. The summed E-state index contributed by atoms with van der Waals surface area (Å²) in [6.45, 7) is 3.35. The lowest BCUT2D eigenvalue weighted by Gasteiger charge is -2.32. The Morgan fingerprint density at radius 1 is 1.21 bits per heavy atom. The van der Waals surface area contributed by atoms with Crippen LogP contribution in [0.15, 0.2) is 30.3 Å². The van der Waals surface area contributed by atoms with E-state index in [1.54, 1.807) is 0 Å². The van der Waals surface area contributed by atoms with E-state index in [2.05, 4.69) is 16.9 Å². The van der Waals surface area contributed by atoms with Crippen LogP contribution >= 0.6 is 0 Å².